The molecule has 34 heavy (non-hydrogen) atoms. The van der Waals surface area contributed by atoms with Gasteiger partial charge in [0.1, 0.15) is 11.9 Å². The van der Waals surface area contributed by atoms with E-state index in [9.17, 15) is 13.2 Å². The van der Waals surface area contributed by atoms with Crippen LogP contribution in [0.2, 0.25) is 0 Å². The molecular formula is C23H26F3N7O. The summed E-state index contributed by atoms with van der Waals surface area (Å²) < 4.78 is 48.2. The molecule has 1 N–H and O–H groups in total. The van der Waals surface area contributed by atoms with E-state index in [1.165, 1.54) is 0 Å². The van der Waals surface area contributed by atoms with Gasteiger partial charge in [0.15, 0.2) is 0 Å². The quantitative estimate of drug-likeness (QED) is 0.604. The van der Waals surface area contributed by atoms with Crippen molar-refractivity contribution in [2.45, 2.75) is 56.8 Å². The van der Waals surface area contributed by atoms with E-state index in [1.54, 1.807) is 6.92 Å². The summed E-state index contributed by atoms with van der Waals surface area (Å²) in [6.45, 7) is 3.27. The number of halogens is 3. The van der Waals surface area contributed by atoms with Gasteiger partial charge in [-0.3, -0.25) is 0 Å². The number of anilines is 2. The van der Waals surface area contributed by atoms with E-state index in [1.807, 2.05) is 30.3 Å². The molecule has 0 amide bonds. The minimum atomic E-state index is -4.37. The van der Waals surface area contributed by atoms with Crippen molar-refractivity contribution in [1.29, 1.82) is 0 Å². The molecule has 8 nitrogen and oxygen atoms in total. The van der Waals surface area contributed by atoms with Crippen molar-refractivity contribution in [3.8, 4) is 0 Å². The van der Waals surface area contributed by atoms with E-state index in [0.717, 1.165) is 36.2 Å². The second kappa shape index (κ2) is 7.99. The Hall–Kier alpha value is -3.11. The molecule has 4 heterocycles. The minimum Gasteiger partial charge on any atom is -0.408 e. The van der Waals surface area contributed by atoms with E-state index >= 15 is 0 Å². The molecule has 11 heteroatoms. The van der Waals surface area contributed by atoms with E-state index in [2.05, 4.69) is 30.5 Å². The van der Waals surface area contributed by atoms with Crippen molar-refractivity contribution in [2.24, 2.45) is 11.8 Å². The molecule has 180 valence electrons. The number of rotatable bonds is 4. The second-order valence-electron chi connectivity index (χ2n) is 9.61. The predicted molar refractivity (Wildman–Crippen MR) is 118 cm³/mol. The third kappa shape index (κ3) is 3.70. The first-order chi connectivity index (χ1) is 16.4. The number of hydrogen-bond donors (Lipinski definition) is 1. The van der Waals surface area contributed by atoms with Crippen LogP contribution >= 0.6 is 0 Å². The summed E-state index contributed by atoms with van der Waals surface area (Å²) in [4.78, 5) is 6.74. The van der Waals surface area contributed by atoms with Crippen LogP contribution in [0.4, 0.5) is 25.1 Å². The lowest BCUT2D eigenvalue weighted by Gasteiger charge is -2.37. The molecule has 3 aliphatic rings. The van der Waals surface area contributed by atoms with Crippen LogP contribution in [0.25, 0.3) is 0 Å². The Balaban J connectivity index is 1.26. The van der Waals surface area contributed by atoms with Gasteiger partial charge in [-0.15, -0.1) is 10.2 Å². The summed E-state index contributed by atoms with van der Waals surface area (Å²) in [6, 6.07) is 8.58. The fraction of sp³-hybridized carbons (Fsp3) is 0.565. The molecule has 2 bridgehead atoms. The zero-order valence-electron chi connectivity index (χ0n) is 18.7. The molecular weight excluding hydrogens is 447 g/mol. The summed E-state index contributed by atoms with van der Waals surface area (Å²) >= 11 is 0. The average Bonchev–Trinajstić information content (AvgIpc) is 3.48. The van der Waals surface area contributed by atoms with Gasteiger partial charge in [-0.2, -0.15) is 18.2 Å². The Morgan fingerprint density at radius 3 is 2.38 bits per heavy atom. The third-order valence-electron chi connectivity index (χ3n) is 7.49. The van der Waals surface area contributed by atoms with Gasteiger partial charge in [0, 0.05) is 32.0 Å². The highest BCUT2D eigenvalue weighted by Crippen LogP contribution is 2.45. The van der Waals surface area contributed by atoms with E-state index < -0.39 is 12.2 Å². The van der Waals surface area contributed by atoms with Crippen molar-refractivity contribution in [3.63, 3.8) is 0 Å². The lowest BCUT2D eigenvalue weighted by Crippen LogP contribution is -2.48. The normalized spacial score (nSPS) is 28.7. The Bertz CT molecular complexity index is 1150. The fourth-order valence-corrected chi connectivity index (χ4v) is 5.92. The highest BCUT2D eigenvalue weighted by atomic mass is 19.4. The fourth-order valence-electron chi connectivity index (χ4n) is 5.92. The van der Waals surface area contributed by atoms with Crippen LogP contribution in [0.5, 0.6) is 0 Å². The summed E-state index contributed by atoms with van der Waals surface area (Å²) in [6.07, 6.45) is -1.94. The standard InChI is InChI=1S/C23H26F3N7O/c1-13-29-30-22(34-13)32-11-15-7-8-16(12-32)19(15)27-21-28-20-17(14-5-3-2-4-6-14)9-10-18(23(24,25)26)33(20)31-21/h2-6,15-19H,7-12H2,1H3,(H,27,31)/t15-,16+,17?,18?,19-. The number of aromatic nitrogens is 5. The Kier molecular flexibility index (Phi) is 5.03. The van der Waals surface area contributed by atoms with Gasteiger partial charge in [-0.05, 0) is 43.1 Å². The highest BCUT2D eigenvalue weighted by Gasteiger charge is 2.48. The first-order valence-electron chi connectivity index (χ1n) is 11.8. The van der Waals surface area contributed by atoms with Gasteiger partial charge < -0.3 is 14.6 Å². The predicted octanol–water partition coefficient (Wildman–Crippen LogP) is 4.33. The zero-order valence-corrected chi connectivity index (χ0v) is 18.7. The number of alkyl halides is 3. The van der Waals surface area contributed by atoms with Crippen molar-refractivity contribution in [3.05, 3.63) is 47.6 Å². The van der Waals surface area contributed by atoms with Crippen LogP contribution in [0.15, 0.2) is 34.7 Å². The van der Waals surface area contributed by atoms with Crippen molar-refractivity contribution in [2.75, 3.05) is 23.3 Å². The molecule has 1 aliphatic carbocycles. The number of hydrogen-bond acceptors (Lipinski definition) is 7. The van der Waals surface area contributed by atoms with Gasteiger partial charge in [-0.1, -0.05) is 35.4 Å². The van der Waals surface area contributed by atoms with Crippen LogP contribution in [-0.4, -0.2) is 50.3 Å². The number of benzene rings is 1. The van der Waals surface area contributed by atoms with Gasteiger partial charge >= 0.3 is 12.2 Å². The SMILES string of the molecule is Cc1nnc(N2C[C@H]3CC[C@@H](C2)[C@@H]3Nc2nc3n(n2)C(C(F)(F)F)CCC3c2ccccc2)o1. The first kappa shape index (κ1) is 21.4. The molecule has 1 saturated heterocycles. The number of fused-ring (bicyclic) bond motifs is 3. The molecule has 1 saturated carbocycles. The lowest BCUT2D eigenvalue weighted by molar-refractivity contribution is -0.175. The van der Waals surface area contributed by atoms with Gasteiger partial charge in [0.25, 0.3) is 0 Å². The summed E-state index contributed by atoms with van der Waals surface area (Å²) in [5.41, 5.74) is 0.964. The Labute approximate surface area is 194 Å². The zero-order chi connectivity index (χ0) is 23.4. The van der Waals surface area contributed by atoms with Crippen LogP contribution in [0.3, 0.4) is 0 Å². The van der Waals surface area contributed by atoms with Crippen molar-refractivity contribution in [1.82, 2.24) is 25.0 Å². The molecule has 0 radical (unpaired) electrons. The molecule has 2 fully saturated rings. The van der Waals surface area contributed by atoms with Gasteiger partial charge in [0.2, 0.25) is 11.8 Å². The van der Waals surface area contributed by atoms with Gasteiger partial charge in [-0.25, -0.2) is 4.68 Å². The maximum atomic E-state index is 13.8. The first-order valence-corrected chi connectivity index (χ1v) is 11.8. The van der Waals surface area contributed by atoms with Crippen LogP contribution in [-0.2, 0) is 0 Å². The number of piperidine rings is 1. The summed E-state index contributed by atoms with van der Waals surface area (Å²) in [5, 5.41) is 15.9. The van der Waals surface area contributed by atoms with E-state index in [4.69, 9.17) is 4.42 Å². The maximum Gasteiger partial charge on any atom is 0.410 e. The lowest BCUT2D eigenvalue weighted by atomic mass is 9.88. The van der Waals surface area contributed by atoms with Gasteiger partial charge in [0.05, 0.1) is 0 Å². The average molecular weight is 474 g/mol. The molecule has 2 unspecified atom stereocenters. The van der Waals surface area contributed by atoms with Crippen molar-refractivity contribution < 1.29 is 17.6 Å². The molecule has 0 spiro atoms. The smallest absolute Gasteiger partial charge is 0.408 e. The second-order valence-corrected chi connectivity index (χ2v) is 9.61. The third-order valence-corrected chi connectivity index (χ3v) is 7.49. The number of nitrogens with one attached hydrogen (secondary N) is 1. The monoisotopic (exact) mass is 473 g/mol. The topological polar surface area (TPSA) is 84.9 Å². The molecule has 1 aromatic carbocycles. The molecule has 5 atom stereocenters. The number of nitrogens with zero attached hydrogens (tertiary/aromatic N) is 6. The molecule has 2 aliphatic heterocycles. The highest BCUT2D eigenvalue weighted by molar-refractivity contribution is 5.36. The molecule has 2 aromatic heterocycles. The maximum absolute atomic E-state index is 13.8. The Morgan fingerprint density at radius 2 is 1.74 bits per heavy atom. The van der Waals surface area contributed by atoms with Crippen molar-refractivity contribution >= 4 is 12.0 Å². The largest absolute Gasteiger partial charge is 0.410 e. The van der Waals surface area contributed by atoms with E-state index in [-0.39, 0.29) is 24.3 Å². The molecule has 6 rings (SSSR count). The minimum absolute atomic E-state index is 0.00784. The Morgan fingerprint density at radius 1 is 1.00 bits per heavy atom. The molecule has 3 aromatic rings. The summed E-state index contributed by atoms with van der Waals surface area (Å²) in [5.74, 6) is 1.60. The summed E-state index contributed by atoms with van der Waals surface area (Å²) in [7, 11) is 0. The van der Waals surface area contributed by atoms with Crippen LogP contribution in [0, 0.1) is 18.8 Å². The number of aryl methyl sites for hydroxylation is 1. The van der Waals surface area contributed by atoms with E-state index in [0.29, 0.717) is 36.0 Å². The van der Waals surface area contributed by atoms with Crippen LogP contribution in [0.1, 0.15) is 54.9 Å². The van der Waals surface area contributed by atoms with Crippen LogP contribution < -0.4 is 10.2 Å².